The van der Waals surface area contributed by atoms with Gasteiger partial charge in [0.2, 0.25) is 0 Å². The van der Waals surface area contributed by atoms with Crippen LogP contribution in [0.2, 0.25) is 0 Å². The molecule has 29 heavy (non-hydrogen) atoms. The molecule has 0 aromatic heterocycles. The molecule has 0 bridgehead atoms. The highest BCUT2D eigenvalue weighted by atomic mass is 16.5. The average molecular weight is 382 g/mol. The number of carbonyl (C=O) groups is 1. The summed E-state index contributed by atoms with van der Waals surface area (Å²) >= 11 is 0. The highest BCUT2D eigenvalue weighted by Crippen LogP contribution is 2.27. The van der Waals surface area contributed by atoms with Crippen molar-refractivity contribution in [2.24, 2.45) is 5.10 Å². The summed E-state index contributed by atoms with van der Waals surface area (Å²) in [5.41, 5.74) is 5.86. The molecule has 0 aliphatic carbocycles. The molecule has 4 aromatic rings. The van der Waals surface area contributed by atoms with Gasteiger partial charge in [-0.3, -0.25) is 4.79 Å². The standard InChI is InChI=1S/C25H22N2O2/c1-17-11-12-21(13-18(17)2)29-16-25(28)27-26-15-24-22-9-5-3-7-19(22)14-20-8-4-6-10-23(20)24/h3-15H,16H2,1-2H3,(H,27,28). The maximum Gasteiger partial charge on any atom is 0.277 e. The fourth-order valence-corrected chi connectivity index (χ4v) is 3.34. The Morgan fingerprint density at radius 3 is 2.21 bits per heavy atom. The van der Waals surface area contributed by atoms with Gasteiger partial charge in [0.25, 0.3) is 5.91 Å². The molecule has 0 heterocycles. The number of carbonyl (C=O) groups excluding carboxylic acids is 1. The number of hydrazone groups is 1. The van der Waals surface area contributed by atoms with E-state index in [0.717, 1.165) is 32.7 Å². The van der Waals surface area contributed by atoms with Crippen molar-refractivity contribution < 1.29 is 9.53 Å². The normalized spacial score (nSPS) is 11.2. The predicted molar refractivity (Wildman–Crippen MR) is 119 cm³/mol. The maximum absolute atomic E-state index is 12.1. The molecule has 0 aliphatic heterocycles. The van der Waals surface area contributed by atoms with Crippen LogP contribution in [0.3, 0.4) is 0 Å². The molecular weight excluding hydrogens is 360 g/mol. The molecule has 0 radical (unpaired) electrons. The monoisotopic (exact) mass is 382 g/mol. The number of ether oxygens (including phenoxy) is 1. The lowest BCUT2D eigenvalue weighted by atomic mass is 9.97. The van der Waals surface area contributed by atoms with Gasteiger partial charge in [-0.15, -0.1) is 0 Å². The molecule has 4 rings (SSSR count). The first-order chi connectivity index (χ1) is 14.1. The van der Waals surface area contributed by atoms with Gasteiger partial charge in [0, 0.05) is 5.56 Å². The minimum atomic E-state index is -0.302. The molecule has 0 atom stereocenters. The zero-order valence-corrected chi connectivity index (χ0v) is 16.5. The second kappa shape index (κ2) is 8.15. The minimum Gasteiger partial charge on any atom is -0.484 e. The third-order valence-corrected chi connectivity index (χ3v) is 5.04. The topological polar surface area (TPSA) is 50.7 Å². The molecule has 144 valence electrons. The SMILES string of the molecule is Cc1ccc(OCC(=O)NN=Cc2c3ccccc3cc3ccccc23)cc1C. The first kappa shape index (κ1) is 18.7. The zero-order chi connectivity index (χ0) is 20.2. The molecule has 1 amide bonds. The number of hydrogen-bond donors (Lipinski definition) is 1. The number of nitrogens with zero attached hydrogens (tertiary/aromatic N) is 1. The number of aryl methyl sites for hydroxylation is 2. The molecule has 0 spiro atoms. The fourth-order valence-electron chi connectivity index (χ4n) is 3.34. The third kappa shape index (κ3) is 4.11. The summed E-state index contributed by atoms with van der Waals surface area (Å²) in [4.78, 5) is 12.1. The first-order valence-corrected chi connectivity index (χ1v) is 9.54. The second-order valence-electron chi connectivity index (χ2n) is 7.06. The van der Waals surface area contributed by atoms with Gasteiger partial charge in [0.05, 0.1) is 6.21 Å². The number of hydrogen-bond acceptors (Lipinski definition) is 3. The van der Waals surface area contributed by atoms with Gasteiger partial charge >= 0.3 is 0 Å². The molecule has 0 unspecified atom stereocenters. The largest absolute Gasteiger partial charge is 0.484 e. The number of nitrogens with one attached hydrogen (secondary N) is 1. The first-order valence-electron chi connectivity index (χ1n) is 9.54. The van der Waals surface area contributed by atoms with Crippen molar-refractivity contribution >= 4 is 33.7 Å². The van der Waals surface area contributed by atoms with Crippen LogP contribution in [0.4, 0.5) is 0 Å². The van der Waals surface area contributed by atoms with E-state index in [4.69, 9.17) is 4.74 Å². The highest BCUT2D eigenvalue weighted by molar-refractivity contribution is 6.13. The van der Waals surface area contributed by atoms with Crippen LogP contribution in [0.25, 0.3) is 21.5 Å². The third-order valence-electron chi connectivity index (χ3n) is 5.04. The van der Waals surface area contributed by atoms with E-state index >= 15 is 0 Å². The Kier molecular flexibility index (Phi) is 5.25. The maximum atomic E-state index is 12.1. The van der Waals surface area contributed by atoms with E-state index in [-0.39, 0.29) is 12.5 Å². The molecule has 0 fully saturated rings. The molecule has 4 heteroatoms. The quantitative estimate of drug-likeness (QED) is 0.295. The number of benzene rings is 4. The van der Waals surface area contributed by atoms with E-state index in [9.17, 15) is 4.79 Å². The van der Waals surface area contributed by atoms with Crippen LogP contribution >= 0.6 is 0 Å². The molecule has 4 aromatic carbocycles. The lowest BCUT2D eigenvalue weighted by molar-refractivity contribution is -0.123. The van der Waals surface area contributed by atoms with Gasteiger partial charge < -0.3 is 4.74 Å². The smallest absolute Gasteiger partial charge is 0.277 e. The van der Waals surface area contributed by atoms with Crippen molar-refractivity contribution in [3.05, 3.63) is 89.5 Å². The van der Waals surface area contributed by atoms with Crippen molar-refractivity contribution in [1.29, 1.82) is 0 Å². The lowest BCUT2D eigenvalue weighted by Crippen LogP contribution is -2.24. The summed E-state index contributed by atoms with van der Waals surface area (Å²) in [7, 11) is 0. The zero-order valence-electron chi connectivity index (χ0n) is 16.5. The summed E-state index contributed by atoms with van der Waals surface area (Å²) < 4.78 is 5.56. The summed E-state index contributed by atoms with van der Waals surface area (Å²) in [6, 6.07) is 24.3. The van der Waals surface area contributed by atoms with E-state index in [1.807, 2.05) is 56.3 Å². The molecular formula is C25H22N2O2. The summed E-state index contributed by atoms with van der Waals surface area (Å²) in [5, 5.41) is 8.64. The van der Waals surface area contributed by atoms with Crippen molar-refractivity contribution in [3.8, 4) is 5.75 Å². The number of rotatable bonds is 5. The van der Waals surface area contributed by atoms with Gasteiger partial charge in [0.15, 0.2) is 6.61 Å². The summed E-state index contributed by atoms with van der Waals surface area (Å²) in [6.45, 7) is 3.97. The fraction of sp³-hybridized carbons (Fsp3) is 0.120. The van der Waals surface area contributed by atoms with E-state index in [2.05, 4.69) is 40.9 Å². The Labute approximate surface area is 169 Å². The van der Waals surface area contributed by atoms with E-state index in [1.54, 1.807) is 6.21 Å². The molecule has 0 saturated heterocycles. The highest BCUT2D eigenvalue weighted by Gasteiger charge is 2.06. The molecule has 1 N–H and O–H groups in total. The van der Waals surface area contributed by atoms with Crippen LogP contribution in [-0.2, 0) is 4.79 Å². The van der Waals surface area contributed by atoms with Crippen LogP contribution < -0.4 is 10.2 Å². The Bertz CT molecular complexity index is 1170. The Morgan fingerprint density at radius 2 is 1.55 bits per heavy atom. The molecule has 0 saturated carbocycles. The van der Waals surface area contributed by atoms with Crippen LogP contribution in [0.1, 0.15) is 16.7 Å². The summed E-state index contributed by atoms with van der Waals surface area (Å²) in [6.07, 6.45) is 1.71. The van der Waals surface area contributed by atoms with Crippen molar-refractivity contribution in [2.75, 3.05) is 6.61 Å². The van der Waals surface area contributed by atoms with Crippen molar-refractivity contribution in [1.82, 2.24) is 5.43 Å². The second-order valence-corrected chi connectivity index (χ2v) is 7.06. The van der Waals surface area contributed by atoms with Crippen molar-refractivity contribution in [2.45, 2.75) is 13.8 Å². The van der Waals surface area contributed by atoms with Crippen LogP contribution in [-0.4, -0.2) is 18.7 Å². The minimum absolute atomic E-state index is 0.0872. The number of fused-ring (bicyclic) bond motifs is 2. The van der Waals surface area contributed by atoms with Crippen LogP contribution in [0.15, 0.2) is 77.9 Å². The van der Waals surface area contributed by atoms with Gasteiger partial charge in [-0.1, -0.05) is 54.6 Å². The lowest BCUT2D eigenvalue weighted by Gasteiger charge is -2.08. The number of amides is 1. The van der Waals surface area contributed by atoms with Gasteiger partial charge in [-0.25, -0.2) is 5.43 Å². The predicted octanol–water partition coefficient (Wildman–Crippen LogP) is 5.14. The van der Waals surface area contributed by atoms with Gasteiger partial charge in [0.1, 0.15) is 5.75 Å². The van der Waals surface area contributed by atoms with E-state index in [1.165, 1.54) is 5.56 Å². The van der Waals surface area contributed by atoms with Gasteiger partial charge in [-0.05, 0) is 64.7 Å². The average Bonchev–Trinajstić information content (AvgIpc) is 2.74. The van der Waals surface area contributed by atoms with Crippen LogP contribution in [0.5, 0.6) is 5.75 Å². The van der Waals surface area contributed by atoms with E-state index in [0.29, 0.717) is 5.75 Å². The Morgan fingerprint density at radius 1 is 0.897 bits per heavy atom. The van der Waals surface area contributed by atoms with E-state index < -0.39 is 0 Å². The van der Waals surface area contributed by atoms with Crippen molar-refractivity contribution in [3.63, 3.8) is 0 Å². The Balaban J connectivity index is 1.50. The van der Waals surface area contributed by atoms with Gasteiger partial charge in [-0.2, -0.15) is 5.10 Å². The van der Waals surface area contributed by atoms with Crippen LogP contribution in [0, 0.1) is 13.8 Å². The summed E-state index contributed by atoms with van der Waals surface area (Å²) in [5.74, 6) is 0.372. The molecule has 4 nitrogen and oxygen atoms in total. The Hall–Kier alpha value is -3.66. The molecule has 0 aliphatic rings.